The summed E-state index contributed by atoms with van der Waals surface area (Å²) in [5.41, 5.74) is 2.67. The molecule has 1 aliphatic heterocycles. The Balaban J connectivity index is 1.85. The number of hydrogen-bond acceptors (Lipinski definition) is 4. The molecule has 2 unspecified atom stereocenters. The van der Waals surface area contributed by atoms with Crippen LogP contribution in [-0.2, 0) is 22.6 Å². The van der Waals surface area contributed by atoms with E-state index < -0.39 is 0 Å². The van der Waals surface area contributed by atoms with E-state index in [1.165, 1.54) is 11.1 Å². The van der Waals surface area contributed by atoms with Gasteiger partial charge in [-0.15, -0.1) is 0 Å². The van der Waals surface area contributed by atoms with Crippen LogP contribution in [-0.4, -0.2) is 63.0 Å². The molecule has 1 fully saturated rings. The van der Waals surface area contributed by atoms with Gasteiger partial charge in [-0.2, -0.15) is 0 Å². The molecular weight excluding hydrogens is 340 g/mol. The minimum absolute atomic E-state index is 0.291. The van der Waals surface area contributed by atoms with E-state index in [4.69, 9.17) is 9.47 Å². The van der Waals surface area contributed by atoms with E-state index in [-0.39, 0.29) is 0 Å². The van der Waals surface area contributed by atoms with Gasteiger partial charge in [0.2, 0.25) is 0 Å². The van der Waals surface area contributed by atoms with Gasteiger partial charge in [0, 0.05) is 53.0 Å². The van der Waals surface area contributed by atoms with E-state index in [1.54, 1.807) is 7.05 Å². The first kappa shape index (κ1) is 21.7. The zero-order valence-electron chi connectivity index (χ0n) is 17.3. The van der Waals surface area contributed by atoms with Gasteiger partial charge in [0.1, 0.15) is 0 Å². The number of rotatable bonds is 9. The molecule has 0 spiro atoms. The third-order valence-electron chi connectivity index (χ3n) is 4.64. The quantitative estimate of drug-likeness (QED) is 0.394. The van der Waals surface area contributed by atoms with Crippen molar-refractivity contribution in [2.24, 2.45) is 4.99 Å². The van der Waals surface area contributed by atoms with Crippen LogP contribution in [0, 0.1) is 0 Å². The molecule has 6 nitrogen and oxygen atoms in total. The Morgan fingerprint density at radius 1 is 1.19 bits per heavy atom. The van der Waals surface area contributed by atoms with E-state index in [0.717, 1.165) is 58.3 Å². The lowest BCUT2D eigenvalue weighted by atomic mass is 10.1. The van der Waals surface area contributed by atoms with Crippen LogP contribution < -0.4 is 10.6 Å². The fourth-order valence-corrected chi connectivity index (χ4v) is 3.46. The predicted molar refractivity (Wildman–Crippen MR) is 111 cm³/mol. The molecule has 2 atom stereocenters. The highest BCUT2D eigenvalue weighted by molar-refractivity contribution is 5.79. The zero-order chi connectivity index (χ0) is 19.5. The molecular formula is C21H36N4O2. The highest BCUT2D eigenvalue weighted by Gasteiger charge is 2.22. The Morgan fingerprint density at radius 2 is 1.89 bits per heavy atom. The standard InChI is InChI=1S/C21H36N4O2/c1-5-26-12-8-11-23-21(22-4)24-13-19-9-6-7-10-20(19)16-25-14-17(2)27-18(3)15-25/h6-7,9-10,17-18H,5,8,11-16H2,1-4H3,(H2,22,23,24). The van der Waals surface area contributed by atoms with Gasteiger partial charge in [0.15, 0.2) is 5.96 Å². The SMILES string of the molecule is CCOCCCNC(=NC)NCc1ccccc1CN1CC(C)OC(C)C1. The molecule has 152 valence electrons. The largest absolute Gasteiger partial charge is 0.382 e. The van der Waals surface area contributed by atoms with Gasteiger partial charge in [-0.3, -0.25) is 9.89 Å². The van der Waals surface area contributed by atoms with Crippen LogP contribution in [0.4, 0.5) is 0 Å². The molecule has 1 heterocycles. The first-order valence-electron chi connectivity index (χ1n) is 10.1. The van der Waals surface area contributed by atoms with Gasteiger partial charge < -0.3 is 20.1 Å². The lowest BCUT2D eigenvalue weighted by Gasteiger charge is -2.35. The summed E-state index contributed by atoms with van der Waals surface area (Å²) in [6.45, 7) is 12.4. The van der Waals surface area contributed by atoms with Crippen LogP contribution in [0.15, 0.2) is 29.3 Å². The highest BCUT2D eigenvalue weighted by Crippen LogP contribution is 2.17. The Labute approximate surface area is 164 Å². The molecule has 0 bridgehead atoms. The minimum Gasteiger partial charge on any atom is -0.382 e. The number of morpholine rings is 1. The Hall–Kier alpha value is -1.63. The third kappa shape index (κ3) is 7.87. The fourth-order valence-electron chi connectivity index (χ4n) is 3.46. The van der Waals surface area contributed by atoms with Crippen molar-refractivity contribution in [1.82, 2.24) is 15.5 Å². The number of guanidine groups is 1. The summed E-state index contributed by atoms with van der Waals surface area (Å²) in [6, 6.07) is 8.63. The maximum absolute atomic E-state index is 5.85. The van der Waals surface area contributed by atoms with Gasteiger partial charge in [0.05, 0.1) is 12.2 Å². The van der Waals surface area contributed by atoms with Crippen LogP contribution in [0.3, 0.4) is 0 Å². The van der Waals surface area contributed by atoms with Crippen LogP contribution in [0.2, 0.25) is 0 Å². The van der Waals surface area contributed by atoms with Crippen LogP contribution in [0.5, 0.6) is 0 Å². The first-order valence-corrected chi connectivity index (χ1v) is 10.1. The summed E-state index contributed by atoms with van der Waals surface area (Å²) < 4.78 is 11.2. The lowest BCUT2D eigenvalue weighted by Crippen LogP contribution is -2.45. The fraction of sp³-hybridized carbons (Fsp3) is 0.667. The molecule has 27 heavy (non-hydrogen) atoms. The molecule has 1 aromatic rings. The second-order valence-corrected chi connectivity index (χ2v) is 7.12. The highest BCUT2D eigenvalue weighted by atomic mass is 16.5. The monoisotopic (exact) mass is 376 g/mol. The maximum atomic E-state index is 5.85. The van der Waals surface area contributed by atoms with Crippen LogP contribution in [0.1, 0.15) is 38.3 Å². The van der Waals surface area contributed by atoms with Crippen LogP contribution in [0.25, 0.3) is 0 Å². The van der Waals surface area contributed by atoms with E-state index in [9.17, 15) is 0 Å². The molecule has 0 radical (unpaired) electrons. The van der Waals surface area contributed by atoms with Crippen molar-refractivity contribution in [3.05, 3.63) is 35.4 Å². The van der Waals surface area contributed by atoms with Crippen molar-refractivity contribution < 1.29 is 9.47 Å². The minimum atomic E-state index is 0.291. The average molecular weight is 377 g/mol. The average Bonchev–Trinajstić information content (AvgIpc) is 2.64. The molecule has 2 rings (SSSR count). The van der Waals surface area contributed by atoms with Crippen molar-refractivity contribution in [3.8, 4) is 0 Å². The molecule has 0 aliphatic carbocycles. The normalized spacial score (nSPS) is 21.3. The van der Waals surface area contributed by atoms with E-state index >= 15 is 0 Å². The number of nitrogens with one attached hydrogen (secondary N) is 2. The molecule has 2 N–H and O–H groups in total. The first-order chi connectivity index (χ1) is 13.1. The summed E-state index contributed by atoms with van der Waals surface area (Å²) in [5, 5.41) is 6.77. The van der Waals surface area contributed by atoms with Crippen molar-refractivity contribution in [1.29, 1.82) is 0 Å². The maximum Gasteiger partial charge on any atom is 0.191 e. The summed E-state index contributed by atoms with van der Waals surface area (Å²) in [5.74, 6) is 0.829. The van der Waals surface area contributed by atoms with Gasteiger partial charge in [-0.25, -0.2) is 0 Å². The second kappa shape index (κ2) is 12.0. The van der Waals surface area contributed by atoms with Crippen molar-refractivity contribution in [2.45, 2.75) is 52.5 Å². The Kier molecular flexibility index (Phi) is 9.59. The summed E-state index contributed by atoms with van der Waals surface area (Å²) >= 11 is 0. The number of ether oxygens (including phenoxy) is 2. The molecule has 6 heteroatoms. The van der Waals surface area contributed by atoms with E-state index in [0.29, 0.717) is 12.2 Å². The van der Waals surface area contributed by atoms with E-state index in [2.05, 4.69) is 58.6 Å². The topological polar surface area (TPSA) is 58.1 Å². The zero-order valence-corrected chi connectivity index (χ0v) is 17.3. The van der Waals surface area contributed by atoms with E-state index in [1.807, 2.05) is 6.92 Å². The molecule has 1 aromatic carbocycles. The summed E-state index contributed by atoms with van der Waals surface area (Å²) in [6.07, 6.45) is 1.55. The molecule has 1 aliphatic rings. The van der Waals surface area contributed by atoms with Gasteiger partial charge in [-0.1, -0.05) is 24.3 Å². The Morgan fingerprint density at radius 3 is 2.56 bits per heavy atom. The molecule has 0 amide bonds. The lowest BCUT2D eigenvalue weighted by molar-refractivity contribution is -0.0705. The Bertz CT molecular complexity index is 569. The predicted octanol–water partition coefficient (Wildman–Crippen LogP) is 2.39. The van der Waals surface area contributed by atoms with Crippen molar-refractivity contribution >= 4 is 5.96 Å². The third-order valence-corrected chi connectivity index (χ3v) is 4.64. The van der Waals surface area contributed by atoms with Gasteiger partial charge >= 0.3 is 0 Å². The molecule has 0 saturated carbocycles. The summed E-state index contributed by atoms with van der Waals surface area (Å²) in [7, 11) is 1.81. The molecule has 1 saturated heterocycles. The number of nitrogens with zero attached hydrogens (tertiary/aromatic N) is 2. The van der Waals surface area contributed by atoms with Crippen molar-refractivity contribution in [3.63, 3.8) is 0 Å². The second-order valence-electron chi connectivity index (χ2n) is 7.12. The van der Waals surface area contributed by atoms with Crippen LogP contribution >= 0.6 is 0 Å². The summed E-state index contributed by atoms with van der Waals surface area (Å²) in [4.78, 5) is 6.80. The number of aliphatic imine (C=N–C) groups is 1. The van der Waals surface area contributed by atoms with Crippen molar-refractivity contribution in [2.75, 3.05) is 39.9 Å². The smallest absolute Gasteiger partial charge is 0.191 e. The molecule has 0 aromatic heterocycles. The number of benzene rings is 1. The van der Waals surface area contributed by atoms with Gasteiger partial charge in [0.25, 0.3) is 0 Å². The number of hydrogen-bond donors (Lipinski definition) is 2. The van der Waals surface area contributed by atoms with Gasteiger partial charge in [-0.05, 0) is 38.3 Å².